The molecule has 2 aromatic carbocycles. The number of ether oxygens (including phenoxy) is 1. The van der Waals surface area contributed by atoms with Crippen LogP contribution < -0.4 is 10.3 Å². The van der Waals surface area contributed by atoms with E-state index in [4.69, 9.17) is 10.00 Å². The van der Waals surface area contributed by atoms with E-state index in [0.29, 0.717) is 10.9 Å². The molecule has 5 heteroatoms. The number of benzene rings is 2. The summed E-state index contributed by atoms with van der Waals surface area (Å²) in [5, 5.41) is 10.6. The van der Waals surface area contributed by atoms with E-state index in [0.717, 1.165) is 43.6 Å². The number of aromatic nitrogens is 1. The second kappa shape index (κ2) is 7.65. The van der Waals surface area contributed by atoms with Gasteiger partial charge in [0.1, 0.15) is 11.9 Å². The Kier molecular flexibility index (Phi) is 4.91. The van der Waals surface area contributed by atoms with Gasteiger partial charge in [-0.2, -0.15) is 5.26 Å². The number of hydrogen-bond donors (Lipinski definition) is 1. The van der Waals surface area contributed by atoms with Crippen LogP contribution in [0.25, 0.3) is 10.8 Å². The fourth-order valence-corrected chi connectivity index (χ4v) is 3.62. The van der Waals surface area contributed by atoms with E-state index < -0.39 is 0 Å². The molecule has 1 aliphatic rings. The summed E-state index contributed by atoms with van der Waals surface area (Å²) < 4.78 is 6.16. The first-order valence-electron chi connectivity index (χ1n) is 9.21. The van der Waals surface area contributed by atoms with Crippen molar-refractivity contribution in [3.8, 4) is 11.8 Å². The Bertz CT molecular complexity index is 1040. The van der Waals surface area contributed by atoms with E-state index in [1.807, 2.05) is 42.5 Å². The monoisotopic (exact) mass is 359 g/mol. The van der Waals surface area contributed by atoms with Gasteiger partial charge in [-0.3, -0.25) is 9.69 Å². The smallest absolute Gasteiger partial charge is 0.255 e. The van der Waals surface area contributed by atoms with Crippen molar-refractivity contribution in [1.82, 2.24) is 9.88 Å². The molecule has 5 nitrogen and oxygen atoms in total. The highest BCUT2D eigenvalue weighted by Crippen LogP contribution is 2.23. The number of nitrogens with zero attached hydrogens (tertiary/aromatic N) is 2. The zero-order valence-electron chi connectivity index (χ0n) is 15.0. The van der Waals surface area contributed by atoms with Crippen LogP contribution in [0.15, 0.2) is 59.5 Å². The highest BCUT2D eigenvalue weighted by atomic mass is 16.5. The van der Waals surface area contributed by atoms with Crippen LogP contribution in [0.5, 0.6) is 5.75 Å². The summed E-state index contributed by atoms with van der Waals surface area (Å²) in [7, 11) is 0. The van der Waals surface area contributed by atoms with Crippen molar-refractivity contribution in [2.45, 2.75) is 25.5 Å². The minimum Gasteiger partial charge on any atom is -0.490 e. The van der Waals surface area contributed by atoms with Gasteiger partial charge in [0.15, 0.2) is 0 Å². The molecule has 0 atom stereocenters. The molecule has 1 saturated heterocycles. The van der Waals surface area contributed by atoms with Gasteiger partial charge in [-0.25, -0.2) is 0 Å². The Morgan fingerprint density at radius 2 is 2.00 bits per heavy atom. The zero-order valence-corrected chi connectivity index (χ0v) is 15.0. The van der Waals surface area contributed by atoms with Gasteiger partial charge in [0.05, 0.1) is 11.6 Å². The maximum Gasteiger partial charge on any atom is 0.255 e. The van der Waals surface area contributed by atoms with Crippen molar-refractivity contribution in [3.63, 3.8) is 0 Å². The van der Waals surface area contributed by atoms with Crippen LogP contribution in [0.3, 0.4) is 0 Å². The maximum atomic E-state index is 11.8. The third-order valence-corrected chi connectivity index (χ3v) is 5.04. The number of likely N-dealkylation sites (tertiary alicyclic amines) is 1. The molecule has 1 aromatic heterocycles. The van der Waals surface area contributed by atoms with Crippen molar-refractivity contribution >= 4 is 10.8 Å². The molecule has 3 aromatic rings. The molecule has 0 saturated carbocycles. The van der Waals surface area contributed by atoms with Crippen LogP contribution in [0.1, 0.15) is 24.0 Å². The molecule has 27 heavy (non-hydrogen) atoms. The van der Waals surface area contributed by atoms with Crippen LogP contribution in [-0.2, 0) is 6.54 Å². The number of rotatable bonds is 4. The first-order chi connectivity index (χ1) is 13.2. The van der Waals surface area contributed by atoms with Gasteiger partial charge in [0.2, 0.25) is 0 Å². The summed E-state index contributed by atoms with van der Waals surface area (Å²) in [5.41, 5.74) is 1.81. The first kappa shape index (κ1) is 17.3. The largest absolute Gasteiger partial charge is 0.490 e. The van der Waals surface area contributed by atoms with Gasteiger partial charge in [0, 0.05) is 31.2 Å². The van der Waals surface area contributed by atoms with Crippen LogP contribution in [0.2, 0.25) is 0 Å². The second-order valence-electron chi connectivity index (χ2n) is 6.96. The number of pyridine rings is 1. The summed E-state index contributed by atoms with van der Waals surface area (Å²) in [5.74, 6) is 0.813. The number of nitrogens with one attached hydrogen (secondary N) is 1. The maximum absolute atomic E-state index is 11.8. The van der Waals surface area contributed by atoms with E-state index in [1.165, 1.54) is 5.56 Å². The number of hydrogen-bond acceptors (Lipinski definition) is 4. The molecule has 136 valence electrons. The summed E-state index contributed by atoms with van der Waals surface area (Å²) in [6, 6.07) is 17.5. The van der Waals surface area contributed by atoms with Gasteiger partial charge < -0.3 is 9.72 Å². The predicted octanol–water partition coefficient (Wildman–Crippen LogP) is 3.44. The lowest BCUT2D eigenvalue weighted by atomic mass is 10.1. The third kappa shape index (κ3) is 4.02. The second-order valence-corrected chi connectivity index (χ2v) is 6.96. The Labute approximate surface area is 157 Å². The highest BCUT2D eigenvalue weighted by Gasteiger charge is 2.20. The van der Waals surface area contributed by atoms with Gasteiger partial charge in [-0.05, 0) is 60.2 Å². The number of H-pyrrole nitrogens is 1. The predicted molar refractivity (Wildman–Crippen MR) is 105 cm³/mol. The number of fused-ring (bicyclic) bond motifs is 1. The highest BCUT2D eigenvalue weighted by molar-refractivity contribution is 5.82. The Balaban J connectivity index is 1.35. The molecule has 0 aliphatic carbocycles. The van der Waals surface area contributed by atoms with Crippen molar-refractivity contribution in [2.75, 3.05) is 13.1 Å². The minimum absolute atomic E-state index is 0.0761. The van der Waals surface area contributed by atoms with Crippen LogP contribution in [0.4, 0.5) is 0 Å². The molecule has 1 fully saturated rings. The summed E-state index contributed by atoms with van der Waals surface area (Å²) in [4.78, 5) is 16.9. The van der Waals surface area contributed by atoms with Crippen molar-refractivity contribution < 1.29 is 4.74 Å². The number of aromatic amines is 1. The third-order valence-electron chi connectivity index (χ3n) is 5.04. The molecule has 4 rings (SSSR count). The minimum atomic E-state index is -0.0761. The van der Waals surface area contributed by atoms with Crippen molar-refractivity contribution in [3.05, 3.63) is 76.2 Å². The SMILES string of the molecule is N#Cc1cccc(CN2CCC(Oc3ccc4c(=O)[nH]ccc4c3)CC2)c1. The lowest BCUT2D eigenvalue weighted by Gasteiger charge is -2.32. The molecule has 1 N–H and O–H groups in total. The van der Waals surface area contributed by atoms with Gasteiger partial charge in [-0.15, -0.1) is 0 Å². The molecular formula is C22H21N3O2. The first-order valence-corrected chi connectivity index (χ1v) is 9.21. The lowest BCUT2D eigenvalue weighted by Crippen LogP contribution is -2.37. The summed E-state index contributed by atoms with van der Waals surface area (Å²) >= 11 is 0. The molecule has 0 unspecified atom stereocenters. The van der Waals surface area contributed by atoms with Crippen molar-refractivity contribution in [1.29, 1.82) is 5.26 Å². The van der Waals surface area contributed by atoms with E-state index in [2.05, 4.69) is 22.0 Å². The fourth-order valence-electron chi connectivity index (χ4n) is 3.62. The van der Waals surface area contributed by atoms with Gasteiger partial charge >= 0.3 is 0 Å². The molecule has 0 radical (unpaired) electrons. The Morgan fingerprint density at radius 3 is 2.81 bits per heavy atom. The Hall–Kier alpha value is -3.10. The average Bonchev–Trinajstić information content (AvgIpc) is 2.70. The average molecular weight is 359 g/mol. The zero-order chi connectivity index (χ0) is 18.6. The molecule has 0 spiro atoms. The molecule has 1 aliphatic heterocycles. The van der Waals surface area contributed by atoms with E-state index in [1.54, 1.807) is 6.20 Å². The van der Waals surface area contributed by atoms with E-state index in [-0.39, 0.29) is 11.7 Å². The fraction of sp³-hybridized carbons (Fsp3) is 0.273. The molecule has 2 heterocycles. The molecule has 0 amide bonds. The number of nitriles is 1. The quantitative estimate of drug-likeness (QED) is 0.775. The normalized spacial score (nSPS) is 15.5. The standard InChI is InChI=1S/C22H21N3O2/c23-14-16-2-1-3-17(12-16)15-25-10-7-19(8-11-25)27-20-4-5-21-18(13-20)6-9-24-22(21)26/h1-6,9,12-13,19H,7-8,10-11,15H2,(H,24,26). The van der Waals surface area contributed by atoms with Crippen LogP contribution in [-0.4, -0.2) is 29.1 Å². The summed E-state index contributed by atoms with van der Waals surface area (Å²) in [6.07, 6.45) is 3.77. The number of piperidine rings is 1. The molecular weight excluding hydrogens is 338 g/mol. The topological polar surface area (TPSA) is 69.1 Å². The van der Waals surface area contributed by atoms with Crippen LogP contribution in [0, 0.1) is 11.3 Å². The summed E-state index contributed by atoms with van der Waals surface area (Å²) in [6.45, 7) is 2.80. The van der Waals surface area contributed by atoms with Crippen LogP contribution >= 0.6 is 0 Å². The van der Waals surface area contributed by atoms with Gasteiger partial charge in [-0.1, -0.05) is 12.1 Å². The lowest BCUT2D eigenvalue weighted by molar-refractivity contribution is 0.0969. The Morgan fingerprint density at radius 1 is 1.15 bits per heavy atom. The van der Waals surface area contributed by atoms with E-state index >= 15 is 0 Å². The van der Waals surface area contributed by atoms with E-state index in [9.17, 15) is 4.79 Å². The van der Waals surface area contributed by atoms with Gasteiger partial charge in [0.25, 0.3) is 5.56 Å². The molecule has 0 bridgehead atoms. The van der Waals surface area contributed by atoms with Crippen molar-refractivity contribution in [2.24, 2.45) is 0 Å².